The fraction of sp³-hybridized carbons (Fsp3) is 0.200. The maximum absolute atomic E-state index is 12.5. The summed E-state index contributed by atoms with van der Waals surface area (Å²) in [5.41, 5.74) is 5.04. The molecule has 0 bridgehead atoms. The highest BCUT2D eigenvalue weighted by molar-refractivity contribution is 7.14. The molecule has 1 N–H and O–H groups in total. The molecule has 1 amide bonds. The van der Waals surface area contributed by atoms with Crippen LogP contribution in [-0.4, -0.2) is 25.0 Å². The van der Waals surface area contributed by atoms with Gasteiger partial charge in [0.25, 0.3) is 5.56 Å². The lowest BCUT2D eigenvalue weighted by Crippen LogP contribution is -2.20. The molecule has 0 aliphatic carbocycles. The predicted molar refractivity (Wildman–Crippen MR) is 111 cm³/mol. The number of anilines is 1. The van der Waals surface area contributed by atoms with Crippen molar-refractivity contribution in [1.82, 2.24) is 19.1 Å². The highest BCUT2D eigenvalue weighted by Crippen LogP contribution is 2.25. The second-order valence-electron chi connectivity index (χ2n) is 6.72. The lowest BCUT2D eigenvalue weighted by atomic mass is 10.1. The van der Waals surface area contributed by atoms with Gasteiger partial charge in [0.15, 0.2) is 10.8 Å². The maximum atomic E-state index is 12.5. The third-order valence-corrected chi connectivity index (χ3v) is 5.35. The number of hydrogen-bond acceptors (Lipinski definition) is 5. The van der Waals surface area contributed by atoms with Crippen molar-refractivity contribution in [2.75, 3.05) is 5.32 Å². The van der Waals surface area contributed by atoms with Gasteiger partial charge in [-0.3, -0.25) is 14.2 Å². The molecule has 28 heavy (non-hydrogen) atoms. The van der Waals surface area contributed by atoms with Crippen LogP contribution in [-0.2, 0) is 18.4 Å². The van der Waals surface area contributed by atoms with Crippen LogP contribution in [0.4, 0.5) is 5.13 Å². The molecule has 0 unspecified atom stereocenters. The second-order valence-corrected chi connectivity index (χ2v) is 7.58. The lowest BCUT2D eigenvalue weighted by molar-refractivity contribution is -0.116. The van der Waals surface area contributed by atoms with Gasteiger partial charge in [-0.1, -0.05) is 29.8 Å². The number of carbonyl (C=O) groups excluding carboxylic acids is 1. The van der Waals surface area contributed by atoms with Crippen LogP contribution in [0.3, 0.4) is 0 Å². The van der Waals surface area contributed by atoms with Gasteiger partial charge in [-0.05, 0) is 19.4 Å². The van der Waals surface area contributed by atoms with Gasteiger partial charge in [-0.15, -0.1) is 11.3 Å². The highest BCUT2D eigenvalue weighted by Gasteiger charge is 2.14. The van der Waals surface area contributed by atoms with E-state index in [4.69, 9.17) is 0 Å². The number of imidazole rings is 1. The van der Waals surface area contributed by atoms with Crippen molar-refractivity contribution in [3.63, 3.8) is 0 Å². The van der Waals surface area contributed by atoms with E-state index in [1.165, 1.54) is 21.5 Å². The largest absolute Gasteiger partial charge is 0.320 e. The van der Waals surface area contributed by atoms with Crippen molar-refractivity contribution in [3.8, 4) is 11.3 Å². The number of nitrogens with zero attached hydrogens (tertiary/aromatic N) is 4. The van der Waals surface area contributed by atoms with Crippen molar-refractivity contribution >= 4 is 33.5 Å². The Labute approximate surface area is 165 Å². The summed E-state index contributed by atoms with van der Waals surface area (Å²) in [5, 5.41) is 5.32. The topological polar surface area (TPSA) is 81.8 Å². The average molecular weight is 393 g/mol. The van der Waals surface area contributed by atoms with Crippen LogP contribution in [0, 0.1) is 13.8 Å². The zero-order chi connectivity index (χ0) is 19.8. The van der Waals surface area contributed by atoms with Crippen LogP contribution in [0.1, 0.15) is 11.1 Å². The minimum atomic E-state index is -0.197. The Bertz CT molecular complexity index is 1230. The smallest absolute Gasteiger partial charge is 0.252 e. The molecular weight excluding hydrogens is 374 g/mol. The number of thiazole rings is 1. The van der Waals surface area contributed by atoms with Crippen molar-refractivity contribution in [3.05, 3.63) is 63.5 Å². The van der Waals surface area contributed by atoms with Crippen LogP contribution in [0.2, 0.25) is 0 Å². The molecule has 142 valence electrons. The van der Waals surface area contributed by atoms with Crippen molar-refractivity contribution in [2.24, 2.45) is 7.05 Å². The van der Waals surface area contributed by atoms with Crippen molar-refractivity contribution in [2.45, 2.75) is 20.4 Å². The van der Waals surface area contributed by atoms with Gasteiger partial charge in [-0.2, -0.15) is 0 Å². The number of carbonyl (C=O) groups is 1. The Kier molecular flexibility index (Phi) is 4.56. The maximum Gasteiger partial charge on any atom is 0.252 e. The van der Waals surface area contributed by atoms with E-state index in [1.54, 1.807) is 24.0 Å². The van der Waals surface area contributed by atoms with Crippen LogP contribution in [0.15, 0.2) is 46.8 Å². The second kappa shape index (κ2) is 7.05. The SMILES string of the molecule is Cc1ccc(-c2csc(NC(=O)Cn3cnc4c3c(C)cc(=O)n4C)n2)cc1. The summed E-state index contributed by atoms with van der Waals surface area (Å²) in [4.78, 5) is 33.2. The summed E-state index contributed by atoms with van der Waals surface area (Å²) in [7, 11) is 1.67. The summed E-state index contributed by atoms with van der Waals surface area (Å²) in [5.74, 6) is -0.197. The van der Waals surface area contributed by atoms with E-state index < -0.39 is 0 Å². The quantitative estimate of drug-likeness (QED) is 0.578. The summed E-state index contributed by atoms with van der Waals surface area (Å²) in [6.07, 6.45) is 1.58. The van der Waals surface area contributed by atoms with Gasteiger partial charge in [0.05, 0.1) is 17.5 Å². The highest BCUT2D eigenvalue weighted by atomic mass is 32.1. The minimum Gasteiger partial charge on any atom is -0.320 e. The van der Waals surface area contributed by atoms with Gasteiger partial charge < -0.3 is 9.88 Å². The number of nitrogens with one attached hydrogen (secondary N) is 1. The first-order valence-corrected chi connectivity index (χ1v) is 9.64. The Morgan fingerprint density at radius 1 is 1.21 bits per heavy atom. The van der Waals surface area contributed by atoms with E-state index >= 15 is 0 Å². The van der Waals surface area contributed by atoms with E-state index in [2.05, 4.69) is 15.3 Å². The molecule has 3 heterocycles. The van der Waals surface area contributed by atoms with Gasteiger partial charge >= 0.3 is 0 Å². The van der Waals surface area contributed by atoms with Gasteiger partial charge in [0.1, 0.15) is 6.54 Å². The number of aromatic nitrogens is 4. The molecule has 1 aromatic carbocycles. The van der Waals surface area contributed by atoms with Crippen molar-refractivity contribution in [1.29, 1.82) is 0 Å². The predicted octanol–water partition coefficient (Wildman–Crippen LogP) is 3.11. The molecule has 8 heteroatoms. The number of amides is 1. The van der Waals surface area contributed by atoms with E-state index in [0.717, 1.165) is 22.3 Å². The molecule has 3 aromatic heterocycles. The summed E-state index contributed by atoms with van der Waals surface area (Å²) >= 11 is 1.39. The standard InChI is InChI=1S/C20H19N5O2S/c1-12-4-6-14(7-5-12)15-10-28-20(22-15)23-16(26)9-25-11-21-19-18(25)13(2)8-17(27)24(19)3/h4-8,10-11H,9H2,1-3H3,(H,22,23,26). The van der Waals surface area contributed by atoms with E-state index in [9.17, 15) is 9.59 Å². The monoisotopic (exact) mass is 393 g/mol. The molecule has 0 radical (unpaired) electrons. The number of benzene rings is 1. The van der Waals surface area contributed by atoms with Gasteiger partial charge in [-0.25, -0.2) is 9.97 Å². The van der Waals surface area contributed by atoms with E-state index in [0.29, 0.717) is 10.8 Å². The first-order chi connectivity index (χ1) is 13.4. The Morgan fingerprint density at radius 2 is 1.96 bits per heavy atom. The zero-order valence-corrected chi connectivity index (χ0v) is 16.6. The summed E-state index contributed by atoms with van der Waals surface area (Å²) in [6.45, 7) is 3.97. The first-order valence-electron chi connectivity index (χ1n) is 8.76. The Hall–Kier alpha value is -3.26. The number of hydrogen-bond donors (Lipinski definition) is 1. The van der Waals surface area contributed by atoms with Crippen molar-refractivity contribution < 1.29 is 4.79 Å². The van der Waals surface area contributed by atoms with Crippen LogP contribution >= 0.6 is 11.3 Å². The lowest BCUT2D eigenvalue weighted by Gasteiger charge is -2.07. The van der Waals surface area contributed by atoms with Crippen LogP contribution in [0.5, 0.6) is 0 Å². The summed E-state index contributed by atoms with van der Waals surface area (Å²) in [6, 6.07) is 9.65. The van der Waals surface area contributed by atoms with Gasteiger partial charge in [0, 0.05) is 24.1 Å². The molecule has 7 nitrogen and oxygen atoms in total. The van der Waals surface area contributed by atoms with E-state index in [-0.39, 0.29) is 18.0 Å². The first kappa shape index (κ1) is 18.1. The van der Waals surface area contributed by atoms with Gasteiger partial charge in [0.2, 0.25) is 5.91 Å². The molecule has 0 spiro atoms. The third-order valence-electron chi connectivity index (χ3n) is 4.59. The molecule has 0 atom stereocenters. The number of pyridine rings is 1. The van der Waals surface area contributed by atoms with E-state index in [1.807, 2.05) is 43.5 Å². The summed E-state index contributed by atoms with van der Waals surface area (Å²) < 4.78 is 3.22. The molecule has 0 saturated carbocycles. The fourth-order valence-electron chi connectivity index (χ4n) is 3.10. The number of rotatable bonds is 4. The molecule has 0 saturated heterocycles. The number of aryl methyl sites for hydroxylation is 3. The Balaban J connectivity index is 1.53. The molecular formula is C20H19N5O2S. The number of fused-ring (bicyclic) bond motifs is 1. The Morgan fingerprint density at radius 3 is 2.71 bits per heavy atom. The molecule has 0 aliphatic rings. The van der Waals surface area contributed by atoms with Crippen LogP contribution < -0.4 is 10.9 Å². The third kappa shape index (κ3) is 3.34. The molecule has 4 rings (SSSR count). The van der Waals surface area contributed by atoms with Crippen LogP contribution in [0.25, 0.3) is 22.4 Å². The average Bonchev–Trinajstić information content (AvgIpc) is 3.28. The molecule has 4 aromatic rings. The normalized spacial score (nSPS) is 11.1. The fourth-order valence-corrected chi connectivity index (χ4v) is 3.83. The zero-order valence-electron chi connectivity index (χ0n) is 15.8. The minimum absolute atomic E-state index is 0.0923. The molecule has 0 aliphatic heterocycles. The molecule has 0 fully saturated rings.